The molecule has 2 aromatic carbocycles. The van der Waals surface area contributed by atoms with Crippen molar-refractivity contribution >= 4 is 61.1 Å². The number of fused-ring (bicyclic) bond motifs is 3. The van der Waals surface area contributed by atoms with Gasteiger partial charge in [0.05, 0.1) is 10.0 Å². The third-order valence-electron chi connectivity index (χ3n) is 3.60. The third-order valence-corrected chi connectivity index (χ3v) is 5.16. The Balaban J connectivity index is 1.60. The number of carbonyl (C=O) groups excluding carboxylic acids is 1. The minimum absolute atomic E-state index is 0.242. The molecule has 6 heteroatoms. The molecule has 2 heterocycles. The summed E-state index contributed by atoms with van der Waals surface area (Å²) in [7, 11) is 0. The molecule has 0 saturated carbocycles. The zero-order chi connectivity index (χ0) is 16.5. The van der Waals surface area contributed by atoms with E-state index in [9.17, 15) is 4.79 Å². The van der Waals surface area contributed by atoms with Crippen molar-refractivity contribution in [2.45, 2.75) is 0 Å². The Kier molecular flexibility index (Phi) is 3.92. The Morgan fingerprint density at radius 2 is 2.00 bits per heavy atom. The van der Waals surface area contributed by atoms with E-state index in [-0.39, 0.29) is 11.7 Å². The fraction of sp³-hybridized carbons (Fsp3) is 0. The molecule has 0 aliphatic heterocycles. The van der Waals surface area contributed by atoms with Gasteiger partial charge < -0.3 is 4.42 Å². The van der Waals surface area contributed by atoms with E-state index in [1.54, 1.807) is 12.3 Å². The summed E-state index contributed by atoms with van der Waals surface area (Å²) in [5, 5.41) is 7.06. The van der Waals surface area contributed by atoms with Crippen molar-refractivity contribution in [1.82, 2.24) is 5.43 Å². The predicted molar refractivity (Wildman–Crippen MR) is 101 cm³/mol. The van der Waals surface area contributed by atoms with Gasteiger partial charge in [0.25, 0.3) is 0 Å². The number of nitrogens with zero attached hydrogens (tertiary/aromatic N) is 1. The first kappa shape index (κ1) is 15.1. The molecular weight excluding hydrogens is 388 g/mol. The monoisotopic (exact) mass is 398 g/mol. The lowest BCUT2D eigenvalue weighted by atomic mass is 10.1. The Hall–Kier alpha value is -2.44. The Bertz CT molecular complexity index is 1080. The van der Waals surface area contributed by atoms with E-state index in [0.29, 0.717) is 5.58 Å². The van der Waals surface area contributed by atoms with E-state index in [2.05, 4.69) is 26.5 Å². The highest BCUT2D eigenvalue weighted by Gasteiger charge is 2.13. The van der Waals surface area contributed by atoms with Crippen LogP contribution in [0, 0.1) is 0 Å². The number of carbonyl (C=O) groups is 1. The van der Waals surface area contributed by atoms with E-state index < -0.39 is 0 Å². The number of hydrogen-bond acceptors (Lipinski definition) is 4. The third kappa shape index (κ3) is 2.86. The molecule has 1 N–H and O–H groups in total. The molecule has 0 bridgehead atoms. The van der Waals surface area contributed by atoms with Gasteiger partial charge in [-0.3, -0.25) is 4.79 Å². The minimum Gasteiger partial charge on any atom is -0.451 e. The van der Waals surface area contributed by atoms with Crippen molar-refractivity contribution in [2.24, 2.45) is 5.10 Å². The second kappa shape index (κ2) is 6.22. The van der Waals surface area contributed by atoms with E-state index in [4.69, 9.17) is 4.42 Å². The van der Waals surface area contributed by atoms with Crippen LogP contribution >= 0.6 is 27.3 Å². The maximum absolute atomic E-state index is 12.2. The number of nitrogens with one attached hydrogen (secondary N) is 1. The first-order valence-electron chi connectivity index (χ1n) is 7.21. The van der Waals surface area contributed by atoms with Gasteiger partial charge in [0.2, 0.25) is 0 Å². The molecule has 0 aliphatic carbocycles. The highest BCUT2D eigenvalue weighted by molar-refractivity contribution is 9.11. The molecule has 2 aromatic heterocycles. The zero-order valence-electron chi connectivity index (χ0n) is 12.3. The number of halogens is 1. The van der Waals surface area contributed by atoms with Crippen LogP contribution in [-0.2, 0) is 0 Å². The quantitative estimate of drug-likeness (QED) is 0.382. The maximum Gasteiger partial charge on any atom is 0.307 e. The van der Waals surface area contributed by atoms with Crippen molar-refractivity contribution < 1.29 is 9.21 Å². The molecule has 1 amide bonds. The summed E-state index contributed by atoms with van der Waals surface area (Å²) in [4.78, 5) is 13.2. The van der Waals surface area contributed by atoms with Crippen LogP contribution in [0.15, 0.2) is 67.9 Å². The number of hydrazone groups is 1. The molecule has 0 saturated heterocycles. The summed E-state index contributed by atoms with van der Waals surface area (Å²) in [6.07, 6.45) is 1.60. The van der Waals surface area contributed by atoms with E-state index in [0.717, 1.165) is 24.8 Å². The number of furan rings is 1. The molecular formula is C18H11BrN2O2S. The largest absolute Gasteiger partial charge is 0.451 e. The van der Waals surface area contributed by atoms with Gasteiger partial charge in [-0.2, -0.15) is 5.10 Å². The van der Waals surface area contributed by atoms with E-state index in [1.807, 2.05) is 48.5 Å². The lowest BCUT2D eigenvalue weighted by Crippen LogP contribution is -2.16. The van der Waals surface area contributed by atoms with E-state index in [1.165, 1.54) is 11.3 Å². The van der Waals surface area contributed by atoms with Crippen molar-refractivity contribution in [3.05, 3.63) is 69.0 Å². The zero-order valence-corrected chi connectivity index (χ0v) is 14.7. The Labute approximate surface area is 149 Å². The Morgan fingerprint density at radius 1 is 1.12 bits per heavy atom. The summed E-state index contributed by atoms with van der Waals surface area (Å²) in [5.41, 5.74) is 3.18. The second-order valence-electron chi connectivity index (χ2n) is 5.15. The molecule has 4 aromatic rings. The normalized spacial score (nSPS) is 11.5. The average Bonchev–Trinajstić information content (AvgIpc) is 3.21. The van der Waals surface area contributed by atoms with Gasteiger partial charge in [-0.05, 0) is 51.0 Å². The molecule has 0 atom stereocenters. The van der Waals surface area contributed by atoms with Gasteiger partial charge in [-0.25, -0.2) is 5.43 Å². The maximum atomic E-state index is 12.2. The van der Waals surface area contributed by atoms with Crippen molar-refractivity contribution in [3.63, 3.8) is 0 Å². The summed E-state index contributed by atoms with van der Waals surface area (Å²) in [6.45, 7) is 0. The smallest absolute Gasteiger partial charge is 0.307 e. The minimum atomic E-state index is -0.373. The number of benzene rings is 2. The summed E-state index contributed by atoms with van der Waals surface area (Å²) >= 11 is 4.92. The SMILES string of the molecule is O=C(N/N=C\c1ccc(Br)s1)c1cc2c(ccc3ccccc32)o1. The molecule has 0 aliphatic rings. The molecule has 0 fully saturated rings. The lowest BCUT2D eigenvalue weighted by Gasteiger charge is -1.96. The fourth-order valence-corrected chi connectivity index (χ4v) is 3.81. The first-order chi connectivity index (χ1) is 11.7. The number of thiophene rings is 1. The summed E-state index contributed by atoms with van der Waals surface area (Å²) < 4.78 is 6.67. The summed E-state index contributed by atoms with van der Waals surface area (Å²) in [6, 6.07) is 17.5. The van der Waals surface area contributed by atoms with Crippen molar-refractivity contribution in [1.29, 1.82) is 0 Å². The van der Waals surface area contributed by atoms with Crippen LogP contribution in [-0.4, -0.2) is 12.1 Å². The number of amides is 1. The predicted octanol–water partition coefficient (Wildman–Crippen LogP) is 5.17. The Morgan fingerprint density at radius 3 is 2.83 bits per heavy atom. The van der Waals surface area contributed by atoms with Gasteiger partial charge in [0.15, 0.2) is 5.76 Å². The molecule has 4 nitrogen and oxygen atoms in total. The molecule has 0 unspecified atom stereocenters. The van der Waals surface area contributed by atoms with Crippen LogP contribution in [0.1, 0.15) is 15.4 Å². The van der Waals surface area contributed by atoms with Crippen molar-refractivity contribution in [2.75, 3.05) is 0 Å². The van der Waals surface area contributed by atoms with Crippen molar-refractivity contribution in [3.8, 4) is 0 Å². The van der Waals surface area contributed by atoms with Gasteiger partial charge in [0.1, 0.15) is 5.58 Å². The van der Waals surface area contributed by atoms with E-state index >= 15 is 0 Å². The van der Waals surface area contributed by atoms with Crippen LogP contribution in [0.3, 0.4) is 0 Å². The molecule has 4 rings (SSSR count). The number of hydrogen-bond donors (Lipinski definition) is 1. The van der Waals surface area contributed by atoms with Crippen LogP contribution in [0.5, 0.6) is 0 Å². The molecule has 0 spiro atoms. The molecule has 0 radical (unpaired) electrons. The van der Waals surface area contributed by atoms with Crippen LogP contribution < -0.4 is 5.43 Å². The standard InChI is InChI=1S/C18H11BrN2O2S/c19-17-8-6-12(24-17)10-20-21-18(22)16-9-14-13-4-2-1-3-11(13)5-7-15(14)23-16/h1-10H,(H,21,22)/b20-10-. The van der Waals surface area contributed by atoms with Crippen LogP contribution in [0.2, 0.25) is 0 Å². The van der Waals surface area contributed by atoms with Crippen LogP contribution in [0.25, 0.3) is 21.7 Å². The van der Waals surface area contributed by atoms with Gasteiger partial charge in [-0.15, -0.1) is 11.3 Å². The molecule has 24 heavy (non-hydrogen) atoms. The van der Waals surface area contributed by atoms with Gasteiger partial charge in [0, 0.05) is 10.3 Å². The summed E-state index contributed by atoms with van der Waals surface area (Å²) in [5.74, 6) is -0.131. The second-order valence-corrected chi connectivity index (χ2v) is 7.64. The average molecular weight is 399 g/mol. The van der Waals surface area contributed by atoms with Gasteiger partial charge in [-0.1, -0.05) is 30.3 Å². The highest BCUT2D eigenvalue weighted by Crippen LogP contribution is 2.28. The highest BCUT2D eigenvalue weighted by atomic mass is 79.9. The lowest BCUT2D eigenvalue weighted by molar-refractivity contribution is 0.0929. The first-order valence-corrected chi connectivity index (χ1v) is 8.82. The fourth-order valence-electron chi connectivity index (χ4n) is 2.51. The number of rotatable bonds is 3. The molecule has 118 valence electrons. The van der Waals surface area contributed by atoms with Crippen LogP contribution in [0.4, 0.5) is 0 Å². The van der Waals surface area contributed by atoms with Gasteiger partial charge >= 0.3 is 5.91 Å². The topological polar surface area (TPSA) is 54.6 Å².